The van der Waals surface area contributed by atoms with Crippen LogP contribution in [0.4, 0.5) is 11.5 Å². The van der Waals surface area contributed by atoms with Crippen LogP contribution in [0.25, 0.3) is 0 Å². The molecule has 0 fully saturated rings. The molecule has 0 aliphatic rings. The summed E-state index contributed by atoms with van der Waals surface area (Å²) in [5, 5.41) is 22.6. The molecule has 0 radical (unpaired) electrons. The van der Waals surface area contributed by atoms with Crippen molar-refractivity contribution < 1.29 is 14.8 Å². The number of carboxylic acids is 1. The summed E-state index contributed by atoms with van der Waals surface area (Å²) in [4.78, 5) is 24.7. The predicted molar refractivity (Wildman–Crippen MR) is 65.8 cm³/mol. The summed E-state index contributed by atoms with van der Waals surface area (Å²) in [6, 6.07) is 1.26. The molecule has 0 bridgehead atoms. The van der Waals surface area contributed by atoms with Gasteiger partial charge in [0.25, 0.3) is 0 Å². The molecule has 1 heterocycles. The SMILES string of the molecule is CC(C)C(C)Nc1cc(C(=O)O)c([N+](=O)[O-])cn1. The molecule has 0 aliphatic heterocycles. The molecule has 7 heteroatoms. The Morgan fingerprint density at radius 2 is 2.11 bits per heavy atom. The minimum atomic E-state index is -1.34. The maximum atomic E-state index is 10.9. The molecule has 0 aromatic carbocycles. The van der Waals surface area contributed by atoms with Gasteiger partial charge in [-0.25, -0.2) is 9.78 Å². The lowest BCUT2D eigenvalue weighted by molar-refractivity contribution is -0.385. The Hall–Kier alpha value is -2.18. The molecule has 1 unspecified atom stereocenters. The lowest BCUT2D eigenvalue weighted by atomic mass is 10.1. The zero-order chi connectivity index (χ0) is 13.9. The summed E-state index contributed by atoms with van der Waals surface area (Å²) in [6.45, 7) is 5.93. The van der Waals surface area contributed by atoms with Crippen LogP contribution in [0.2, 0.25) is 0 Å². The van der Waals surface area contributed by atoms with Gasteiger partial charge in [-0.15, -0.1) is 0 Å². The number of rotatable bonds is 5. The van der Waals surface area contributed by atoms with Gasteiger partial charge < -0.3 is 10.4 Å². The fourth-order valence-corrected chi connectivity index (χ4v) is 1.24. The van der Waals surface area contributed by atoms with Crippen LogP contribution in [-0.2, 0) is 0 Å². The molecule has 1 aromatic heterocycles. The third-order valence-electron chi connectivity index (χ3n) is 2.69. The van der Waals surface area contributed by atoms with E-state index in [4.69, 9.17) is 5.11 Å². The molecule has 0 amide bonds. The Kier molecular flexibility index (Phi) is 4.19. The van der Waals surface area contributed by atoms with E-state index in [1.807, 2.05) is 20.8 Å². The molecular weight excluding hydrogens is 238 g/mol. The number of carboxylic acid groups (broad SMARTS) is 1. The van der Waals surface area contributed by atoms with E-state index in [2.05, 4.69) is 10.3 Å². The highest BCUT2D eigenvalue weighted by Gasteiger charge is 2.21. The highest BCUT2D eigenvalue weighted by molar-refractivity contribution is 5.93. The number of hydrogen-bond donors (Lipinski definition) is 2. The fraction of sp³-hybridized carbons (Fsp3) is 0.455. The third kappa shape index (κ3) is 3.16. The summed E-state index contributed by atoms with van der Waals surface area (Å²) in [5.74, 6) is -0.696. The van der Waals surface area contributed by atoms with Crippen LogP contribution in [0.15, 0.2) is 12.3 Å². The second-order valence-corrected chi connectivity index (χ2v) is 4.33. The number of pyridine rings is 1. The molecular formula is C11H15N3O4. The lowest BCUT2D eigenvalue weighted by Gasteiger charge is -2.18. The Morgan fingerprint density at radius 3 is 2.56 bits per heavy atom. The molecule has 18 heavy (non-hydrogen) atoms. The Labute approximate surface area is 104 Å². The average Bonchev–Trinajstić information content (AvgIpc) is 2.28. The number of nitro groups is 1. The van der Waals surface area contributed by atoms with E-state index in [-0.39, 0.29) is 11.6 Å². The molecule has 1 atom stereocenters. The van der Waals surface area contributed by atoms with Crippen LogP contribution in [-0.4, -0.2) is 27.0 Å². The van der Waals surface area contributed by atoms with Gasteiger partial charge in [0, 0.05) is 12.1 Å². The van der Waals surface area contributed by atoms with E-state index in [1.54, 1.807) is 0 Å². The number of nitrogens with zero attached hydrogens (tertiary/aromatic N) is 2. The maximum absolute atomic E-state index is 10.9. The van der Waals surface area contributed by atoms with E-state index in [0.717, 1.165) is 6.20 Å². The summed E-state index contributed by atoms with van der Waals surface area (Å²) in [6.07, 6.45) is 0.957. The van der Waals surface area contributed by atoms with Crippen molar-refractivity contribution in [3.63, 3.8) is 0 Å². The Morgan fingerprint density at radius 1 is 1.50 bits per heavy atom. The van der Waals surface area contributed by atoms with Crippen molar-refractivity contribution in [3.8, 4) is 0 Å². The monoisotopic (exact) mass is 253 g/mol. The van der Waals surface area contributed by atoms with E-state index < -0.39 is 16.6 Å². The van der Waals surface area contributed by atoms with Gasteiger partial charge in [-0.2, -0.15) is 0 Å². The highest BCUT2D eigenvalue weighted by atomic mass is 16.6. The van der Waals surface area contributed by atoms with Crippen LogP contribution in [0.3, 0.4) is 0 Å². The fourth-order valence-electron chi connectivity index (χ4n) is 1.24. The van der Waals surface area contributed by atoms with Crippen molar-refractivity contribution in [2.45, 2.75) is 26.8 Å². The molecule has 0 saturated carbocycles. The molecule has 1 rings (SSSR count). The minimum Gasteiger partial charge on any atom is -0.477 e. The molecule has 0 aliphatic carbocycles. The van der Waals surface area contributed by atoms with Crippen molar-refractivity contribution in [3.05, 3.63) is 27.9 Å². The number of anilines is 1. The first-order valence-electron chi connectivity index (χ1n) is 5.47. The standard InChI is InChI=1S/C11H15N3O4/c1-6(2)7(3)13-10-4-8(11(15)16)9(5-12-10)14(17)18/h4-7H,1-3H3,(H,12,13)(H,15,16). The first-order chi connectivity index (χ1) is 8.32. The molecule has 1 aromatic rings. The van der Waals surface area contributed by atoms with Gasteiger partial charge in [-0.1, -0.05) is 13.8 Å². The molecule has 98 valence electrons. The van der Waals surface area contributed by atoms with E-state index >= 15 is 0 Å². The normalized spacial score (nSPS) is 12.2. The molecule has 0 saturated heterocycles. The average molecular weight is 253 g/mol. The summed E-state index contributed by atoms with van der Waals surface area (Å²) in [5.41, 5.74) is -0.876. The molecule has 2 N–H and O–H groups in total. The van der Waals surface area contributed by atoms with Crippen LogP contribution >= 0.6 is 0 Å². The number of aromatic nitrogens is 1. The molecule has 7 nitrogen and oxygen atoms in total. The van der Waals surface area contributed by atoms with Gasteiger partial charge in [0.2, 0.25) is 0 Å². The quantitative estimate of drug-likeness (QED) is 0.615. The van der Waals surface area contributed by atoms with Crippen molar-refractivity contribution >= 4 is 17.5 Å². The van der Waals surface area contributed by atoms with Gasteiger partial charge in [0.05, 0.1) is 4.92 Å². The van der Waals surface area contributed by atoms with Crippen molar-refractivity contribution in [1.29, 1.82) is 0 Å². The summed E-state index contributed by atoms with van der Waals surface area (Å²) < 4.78 is 0. The van der Waals surface area contributed by atoms with Crippen LogP contribution in [0.1, 0.15) is 31.1 Å². The summed E-state index contributed by atoms with van der Waals surface area (Å²) in [7, 11) is 0. The van der Waals surface area contributed by atoms with Gasteiger partial charge in [-0.3, -0.25) is 10.1 Å². The topological polar surface area (TPSA) is 105 Å². The van der Waals surface area contributed by atoms with Gasteiger partial charge in [0.1, 0.15) is 17.6 Å². The number of aromatic carboxylic acids is 1. The third-order valence-corrected chi connectivity index (χ3v) is 2.69. The zero-order valence-electron chi connectivity index (χ0n) is 10.4. The largest absolute Gasteiger partial charge is 0.477 e. The summed E-state index contributed by atoms with van der Waals surface area (Å²) >= 11 is 0. The van der Waals surface area contributed by atoms with Crippen molar-refractivity contribution in [1.82, 2.24) is 4.98 Å². The Bertz CT molecular complexity index is 473. The number of nitrogens with one attached hydrogen (secondary N) is 1. The first kappa shape index (κ1) is 13.9. The number of carbonyl (C=O) groups is 1. The van der Waals surface area contributed by atoms with E-state index in [0.29, 0.717) is 11.7 Å². The maximum Gasteiger partial charge on any atom is 0.342 e. The van der Waals surface area contributed by atoms with Gasteiger partial charge in [-0.05, 0) is 12.8 Å². The first-order valence-corrected chi connectivity index (χ1v) is 5.47. The van der Waals surface area contributed by atoms with Crippen molar-refractivity contribution in [2.24, 2.45) is 5.92 Å². The van der Waals surface area contributed by atoms with Crippen LogP contribution in [0.5, 0.6) is 0 Å². The van der Waals surface area contributed by atoms with E-state index in [9.17, 15) is 14.9 Å². The number of hydrogen-bond acceptors (Lipinski definition) is 5. The van der Waals surface area contributed by atoms with E-state index in [1.165, 1.54) is 6.07 Å². The zero-order valence-corrected chi connectivity index (χ0v) is 10.4. The van der Waals surface area contributed by atoms with Crippen molar-refractivity contribution in [2.75, 3.05) is 5.32 Å². The minimum absolute atomic E-state index is 0.0839. The van der Waals surface area contributed by atoms with Gasteiger partial charge in [0.15, 0.2) is 0 Å². The molecule has 0 spiro atoms. The lowest BCUT2D eigenvalue weighted by Crippen LogP contribution is -2.22. The van der Waals surface area contributed by atoms with Gasteiger partial charge >= 0.3 is 11.7 Å². The predicted octanol–water partition coefficient (Wildman–Crippen LogP) is 2.14. The Balaban J connectivity index is 3.08. The smallest absolute Gasteiger partial charge is 0.342 e. The second kappa shape index (κ2) is 5.44. The second-order valence-electron chi connectivity index (χ2n) is 4.33. The highest BCUT2D eigenvalue weighted by Crippen LogP contribution is 2.21. The van der Waals surface area contributed by atoms with Crippen LogP contribution < -0.4 is 5.32 Å². The van der Waals surface area contributed by atoms with Crippen LogP contribution in [0, 0.1) is 16.0 Å².